The molecule has 1 amide bonds. The molecular formula is C12H23NO2. The molecule has 1 unspecified atom stereocenters. The van der Waals surface area contributed by atoms with E-state index in [-0.39, 0.29) is 24.2 Å². The van der Waals surface area contributed by atoms with Crippen molar-refractivity contribution in [2.45, 2.75) is 47.0 Å². The number of nitrogens with one attached hydrogen (secondary N) is 1. The van der Waals surface area contributed by atoms with Gasteiger partial charge in [0.05, 0.1) is 6.54 Å². The van der Waals surface area contributed by atoms with Crippen LogP contribution in [0.3, 0.4) is 0 Å². The SMILES string of the molecule is CCC(C)C(=O)CNC(=O)CCC(C)C. The van der Waals surface area contributed by atoms with Gasteiger partial charge in [-0.25, -0.2) is 0 Å². The van der Waals surface area contributed by atoms with Crippen LogP contribution in [0, 0.1) is 11.8 Å². The Labute approximate surface area is 92.6 Å². The predicted molar refractivity (Wildman–Crippen MR) is 61.5 cm³/mol. The van der Waals surface area contributed by atoms with E-state index in [4.69, 9.17) is 0 Å². The van der Waals surface area contributed by atoms with E-state index in [9.17, 15) is 9.59 Å². The van der Waals surface area contributed by atoms with E-state index >= 15 is 0 Å². The molecule has 0 spiro atoms. The number of hydrogen-bond acceptors (Lipinski definition) is 2. The summed E-state index contributed by atoms with van der Waals surface area (Å²) in [5.41, 5.74) is 0. The van der Waals surface area contributed by atoms with Crippen LogP contribution in [0.2, 0.25) is 0 Å². The van der Waals surface area contributed by atoms with Crippen molar-refractivity contribution < 1.29 is 9.59 Å². The molecule has 0 heterocycles. The number of carbonyl (C=O) groups excluding carboxylic acids is 2. The number of hydrogen-bond donors (Lipinski definition) is 1. The molecule has 1 N–H and O–H groups in total. The Morgan fingerprint density at radius 3 is 2.27 bits per heavy atom. The second-order valence-electron chi connectivity index (χ2n) is 4.48. The van der Waals surface area contributed by atoms with Crippen molar-refractivity contribution in [3.63, 3.8) is 0 Å². The molecule has 0 saturated carbocycles. The molecule has 15 heavy (non-hydrogen) atoms. The fourth-order valence-corrected chi connectivity index (χ4v) is 1.10. The van der Waals surface area contributed by atoms with Crippen LogP contribution in [0.4, 0.5) is 0 Å². The second-order valence-corrected chi connectivity index (χ2v) is 4.48. The summed E-state index contributed by atoms with van der Waals surface area (Å²) in [6.07, 6.45) is 2.23. The Kier molecular flexibility index (Phi) is 7.01. The molecule has 0 aromatic carbocycles. The molecule has 1 atom stereocenters. The largest absolute Gasteiger partial charge is 0.349 e. The summed E-state index contributed by atoms with van der Waals surface area (Å²) in [6, 6.07) is 0. The Hall–Kier alpha value is -0.860. The van der Waals surface area contributed by atoms with Crippen LogP contribution in [-0.4, -0.2) is 18.2 Å². The maximum Gasteiger partial charge on any atom is 0.220 e. The minimum Gasteiger partial charge on any atom is -0.349 e. The lowest BCUT2D eigenvalue weighted by Gasteiger charge is -2.09. The van der Waals surface area contributed by atoms with Crippen molar-refractivity contribution in [2.24, 2.45) is 11.8 Å². The number of ketones is 1. The predicted octanol–water partition coefficient (Wildman–Crippen LogP) is 2.15. The van der Waals surface area contributed by atoms with Crippen molar-refractivity contribution >= 4 is 11.7 Å². The van der Waals surface area contributed by atoms with Gasteiger partial charge in [0.2, 0.25) is 5.91 Å². The summed E-state index contributed by atoms with van der Waals surface area (Å²) < 4.78 is 0. The minimum atomic E-state index is -0.0136. The first-order valence-electron chi connectivity index (χ1n) is 5.76. The van der Waals surface area contributed by atoms with E-state index in [1.165, 1.54) is 0 Å². The Morgan fingerprint density at radius 1 is 1.20 bits per heavy atom. The summed E-state index contributed by atoms with van der Waals surface area (Å²) in [5, 5.41) is 2.66. The molecule has 0 saturated heterocycles. The standard InChI is InChI=1S/C12H23NO2/c1-5-10(4)11(14)8-13-12(15)7-6-9(2)3/h9-10H,5-8H2,1-4H3,(H,13,15). The van der Waals surface area contributed by atoms with Crippen LogP contribution in [-0.2, 0) is 9.59 Å². The average molecular weight is 213 g/mol. The zero-order valence-electron chi connectivity index (χ0n) is 10.3. The van der Waals surface area contributed by atoms with E-state index in [0.717, 1.165) is 12.8 Å². The highest BCUT2D eigenvalue weighted by atomic mass is 16.2. The van der Waals surface area contributed by atoms with Crippen molar-refractivity contribution in [1.82, 2.24) is 5.32 Å². The van der Waals surface area contributed by atoms with Gasteiger partial charge in [0.1, 0.15) is 0 Å². The van der Waals surface area contributed by atoms with Crippen molar-refractivity contribution in [1.29, 1.82) is 0 Å². The van der Waals surface area contributed by atoms with Crippen LogP contribution in [0.25, 0.3) is 0 Å². The smallest absolute Gasteiger partial charge is 0.220 e. The average Bonchev–Trinajstić information content (AvgIpc) is 2.21. The molecule has 0 aliphatic heterocycles. The highest BCUT2D eigenvalue weighted by molar-refractivity contribution is 5.87. The van der Waals surface area contributed by atoms with Gasteiger partial charge in [-0.15, -0.1) is 0 Å². The molecule has 0 fully saturated rings. The van der Waals surface area contributed by atoms with E-state index < -0.39 is 0 Å². The van der Waals surface area contributed by atoms with Gasteiger partial charge in [0.25, 0.3) is 0 Å². The third kappa shape index (κ3) is 7.11. The Balaban J connectivity index is 3.67. The fraction of sp³-hybridized carbons (Fsp3) is 0.833. The van der Waals surface area contributed by atoms with Gasteiger partial charge in [0.15, 0.2) is 5.78 Å². The molecule has 3 heteroatoms. The molecule has 3 nitrogen and oxygen atoms in total. The number of carbonyl (C=O) groups is 2. The second kappa shape index (κ2) is 7.43. The summed E-state index contributed by atoms with van der Waals surface area (Å²) in [7, 11) is 0. The normalized spacial score (nSPS) is 12.6. The topological polar surface area (TPSA) is 46.2 Å². The quantitative estimate of drug-likeness (QED) is 0.704. The lowest BCUT2D eigenvalue weighted by molar-refractivity contribution is -0.126. The molecule has 0 radical (unpaired) electrons. The molecule has 0 aromatic heterocycles. The van der Waals surface area contributed by atoms with E-state index in [0.29, 0.717) is 12.3 Å². The van der Waals surface area contributed by atoms with Gasteiger partial charge in [-0.2, -0.15) is 0 Å². The molecular weight excluding hydrogens is 190 g/mol. The summed E-state index contributed by atoms with van der Waals surface area (Å²) >= 11 is 0. The first-order valence-corrected chi connectivity index (χ1v) is 5.76. The zero-order chi connectivity index (χ0) is 11.8. The van der Waals surface area contributed by atoms with Crippen LogP contribution < -0.4 is 5.32 Å². The van der Waals surface area contributed by atoms with Gasteiger partial charge in [-0.1, -0.05) is 27.7 Å². The Bertz CT molecular complexity index is 212. The van der Waals surface area contributed by atoms with Gasteiger partial charge in [-0.3, -0.25) is 9.59 Å². The monoisotopic (exact) mass is 213 g/mol. The maximum absolute atomic E-state index is 11.4. The fourth-order valence-electron chi connectivity index (χ4n) is 1.10. The number of rotatable bonds is 7. The number of Topliss-reactive ketones (excluding diaryl/α,β-unsaturated/α-hetero) is 1. The lowest BCUT2D eigenvalue weighted by atomic mass is 10.0. The van der Waals surface area contributed by atoms with Crippen LogP contribution >= 0.6 is 0 Å². The van der Waals surface area contributed by atoms with E-state index in [2.05, 4.69) is 19.2 Å². The highest BCUT2D eigenvalue weighted by Crippen LogP contribution is 2.03. The third-order valence-electron chi connectivity index (χ3n) is 2.57. The molecule has 0 aromatic rings. The Morgan fingerprint density at radius 2 is 1.80 bits per heavy atom. The van der Waals surface area contributed by atoms with Crippen molar-refractivity contribution in [3.05, 3.63) is 0 Å². The minimum absolute atomic E-state index is 0.0136. The highest BCUT2D eigenvalue weighted by Gasteiger charge is 2.11. The third-order valence-corrected chi connectivity index (χ3v) is 2.57. The number of amides is 1. The van der Waals surface area contributed by atoms with Crippen LogP contribution in [0.15, 0.2) is 0 Å². The first-order chi connectivity index (χ1) is 6.97. The first kappa shape index (κ1) is 14.1. The molecule has 0 bridgehead atoms. The van der Waals surface area contributed by atoms with Gasteiger partial charge in [0, 0.05) is 12.3 Å². The van der Waals surface area contributed by atoms with Gasteiger partial charge < -0.3 is 5.32 Å². The van der Waals surface area contributed by atoms with Crippen molar-refractivity contribution in [2.75, 3.05) is 6.54 Å². The summed E-state index contributed by atoms with van der Waals surface area (Å²) in [6.45, 7) is 8.22. The molecule has 0 aliphatic carbocycles. The summed E-state index contributed by atoms with van der Waals surface area (Å²) in [5.74, 6) is 0.687. The van der Waals surface area contributed by atoms with Gasteiger partial charge in [-0.05, 0) is 18.8 Å². The van der Waals surface area contributed by atoms with Crippen LogP contribution in [0.1, 0.15) is 47.0 Å². The lowest BCUT2D eigenvalue weighted by Crippen LogP contribution is -2.32. The van der Waals surface area contributed by atoms with Crippen LogP contribution in [0.5, 0.6) is 0 Å². The maximum atomic E-state index is 11.4. The molecule has 88 valence electrons. The van der Waals surface area contributed by atoms with E-state index in [1.54, 1.807) is 0 Å². The van der Waals surface area contributed by atoms with Crippen molar-refractivity contribution in [3.8, 4) is 0 Å². The molecule has 0 aliphatic rings. The van der Waals surface area contributed by atoms with E-state index in [1.807, 2.05) is 13.8 Å². The zero-order valence-corrected chi connectivity index (χ0v) is 10.3. The molecule has 0 rings (SSSR count). The summed E-state index contributed by atoms with van der Waals surface area (Å²) in [4.78, 5) is 22.7. The van der Waals surface area contributed by atoms with Gasteiger partial charge >= 0.3 is 0 Å².